The summed E-state index contributed by atoms with van der Waals surface area (Å²) >= 11 is 3.82. The third kappa shape index (κ3) is 6.25. The Balaban J connectivity index is 0.000000366. The maximum atomic E-state index is 10.3. The highest BCUT2D eigenvalue weighted by Gasteiger charge is 2.12. The Morgan fingerprint density at radius 1 is 1.71 bits per heavy atom. The molecule has 0 saturated carbocycles. The van der Waals surface area contributed by atoms with E-state index in [1.807, 2.05) is 0 Å². The Morgan fingerprint density at radius 3 is 2.53 bits per heavy atom. The monoisotopic (exact) mass is 275 g/mol. The van der Waals surface area contributed by atoms with Crippen molar-refractivity contribution in [2.45, 2.75) is 24.9 Å². The number of Topliss-reactive ketones (excluding diaryl/α,β-unsaturated/α-hetero) is 1. The number of ketones is 1. The zero-order chi connectivity index (χ0) is 13.4. The number of hydrogen-bond donors (Lipinski definition) is 2. The van der Waals surface area contributed by atoms with Crippen LogP contribution in [-0.2, 0) is 4.79 Å². The Labute approximate surface area is 108 Å². The Bertz CT molecular complexity index is 399. The zero-order valence-electron chi connectivity index (χ0n) is 9.36. The van der Waals surface area contributed by atoms with E-state index in [9.17, 15) is 14.9 Å². The lowest BCUT2D eigenvalue weighted by Crippen LogP contribution is -2.23. The highest BCUT2D eigenvalue weighted by Crippen LogP contribution is 2.27. The molecule has 0 aliphatic rings. The molecule has 0 saturated heterocycles. The number of nitrogens with zero attached hydrogens (tertiary/aromatic N) is 2. The molecule has 0 amide bonds. The molecule has 1 rings (SSSR count). The van der Waals surface area contributed by atoms with Crippen molar-refractivity contribution < 1.29 is 9.72 Å². The molecule has 1 atom stereocenters. The van der Waals surface area contributed by atoms with E-state index in [1.165, 1.54) is 25.3 Å². The molecule has 0 fully saturated rings. The number of aromatic nitrogens is 1. The fourth-order valence-electron chi connectivity index (χ4n) is 0.592. The fourth-order valence-corrected chi connectivity index (χ4v) is 1.36. The summed E-state index contributed by atoms with van der Waals surface area (Å²) in [4.78, 5) is 23.6. The minimum absolute atomic E-state index is 0.00694. The minimum Gasteiger partial charge on any atom is -0.322 e. The zero-order valence-corrected chi connectivity index (χ0v) is 11.1. The average molecular weight is 275 g/mol. The molecule has 6 nitrogen and oxygen atoms in total. The summed E-state index contributed by atoms with van der Waals surface area (Å²) in [6, 6.07) is 2.63. The Kier molecular flexibility index (Phi) is 7.51. The molecule has 0 aliphatic carbocycles. The molecule has 1 aromatic rings. The number of nitrogens with two attached hydrogens (primary N) is 1. The summed E-state index contributed by atoms with van der Waals surface area (Å²) in [5.41, 5.74) is 5.08. The van der Waals surface area contributed by atoms with Crippen molar-refractivity contribution in [2.24, 2.45) is 5.73 Å². The van der Waals surface area contributed by atoms with Crippen LogP contribution in [0.3, 0.4) is 0 Å². The molecular weight excluding hydrogens is 262 g/mol. The van der Waals surface area contributed by atoms with Gasteiger partial charge in [-0.1, -0.05) is 0 Å². The average Bonchev–Trinajstić information content (AvgIpc) is 2.29. The molecule has 94 valence electrons. The van der Waals surface area contributed by atoms with E-state index in [-0.39, 0.29) is 17.5 Å². The Hall–Kier alpha value is -1.12. The van der Waals surface area contributed by atoms with Gasteiger partial charge in [-0.15, -0.1) is 11.7 Å². The number of carbonyl (C=O) groups excluding carboxylic acids is 1. The molecular formula is C9H13N3O3S2. The van der Waals surface area contributed by atoms with Gasteiger partial charge in [0, 0.05) is 12.3 Å². The molecule has 1 heterocycles. The number of carbonyl (C=O) groups is 1. The number of thiol groups is 1. The van der Waals surface area contributed by atoms with E-state index < -0.39 is 4.92 Å². The van der Waals surface area contributed by atoms with Crippen molar-refractivity contribution >= 4 is 33.9 Å². The second kappa shape index (κ2) is 8.04. The number of hydrogen-bond acceptors (Lipinski definition) is 7. The predicted molar refractivity (Wildman–Crippen MR) is 70.1 cm³/mol. The smallest absolute Gasteiger partial charge is 0.302 e. The van der Waals surface area contributed by atoms with Crippen molar-refractivity contribution in [1.82, 2.24) is 4.98 Å². The quantitative estimate of drug-likeness (QED) is 0.378. The number of pyridine rings is 1. The van der Waals surface area contributed by atoms with E-state index in [0.717, 1.165) is 10.8 Å². The largest absolute Gasteiger partial charge is 0.322 e. The third-order valence-corrected chi connectivity index (χ3v) is 2.68. The van der Waals surface area contributed by atoms with Crippen molar-refractivity contribution in [3.05, 3.63) is 28.4 Å². The van der Waals surface area contributed by atoms with Crippen LogP contribution < -0.4 is 5.73 Å². The van der Waals surface area contributed by atoms with Crippen molar-refractivity contribution in [1.29, 1.82) is 0 Å². The molecule has 0 spiro atoms. The number of nitro groups is 1. The lowest BCUT2D eigenvalue weighted by Gasteiger charge is -1.94. The second-order valence-electron chi connectivity index (χ2n) is 3.08. The van der Waals surface area contributed by atoms with Crippen LogP contribution in [0.1, 0.15) is 13.8 Å². The lowest BCUT2D eigenvalue weighted by atomic mass is 10.3. The highest BCUT2D eigenvalue weighted by atomic mass is 33.1. The molecule has 17 heavy (non-hydrogen) atoms. The minimum atomic E-state index is -0.481. The summed E-state index contributed by atoms with van der Waals surface area (Å²) < 4.78 is 0. The molecule has 8 heteroatoms. The van der Waals surface area contributed by atoms with Gasteiger partial charge < -0.3 is 5.73 Å². The van der Waals surface area contributed by atoms with Crippen LogP contribution in [0, 0.1) is 10.1 Å². The van der Waals surface area contributed by atoms with Gasteiger partial charge in [0.2, 0.25) is 0 Å². The SMILES string of the molecule is CC(=O)C(C)N.O=[N+]([O-])c1cccnc1SS. The highest BCUT2D eigenvalue weighted by molar-refractivity contribution is 8.68. The van der Waals surface area contributed by atoms with Crippen LogP contribution in [0.15, 0.2) is 23.4 Å². The molecule has 0 bridgehead atoms. The summed E-state index contributed by atoms with van der Waals surface area (Å²) in [5.74, 6) is 0.0370. The molecule has 2 N–H and O–H groups in total. The molecule has 1 aromatic heterocycles. The van der Waals surface area contributed by atoms with Crippen LogP contribution >= 0.6 is 22.5 Å². The van der Waals surface area contributed by atoms with Gasteiger partial charge in [0.05, 0.1) is 11.0 Å². The summed E-state index contributed by atoms with van der Waals surface area (Å²) in [6.45, 7) is 3.15. The van der Waals surface area contributed by atoms with Crippen LogP contribution in [0.2, 0.25) is 0 Å². The maximum absolute atomic E-state index is 10.3. The Morgan fingerprint density at radius 2 is 2.24 bits per heavy atom. The van der Waals surface area contributed by atoms with Crippen LogP contribution in [-0.4, -0.2) is 21.7 Å². The standard InChI is InChI=1S/C5H4N2O2S2.C4H9NO/c8-7(9)4-2-1-3-6-5(4)11-10;1-3(5)4(2)6/h1-3,10H;3H,5H2,1-2H3. The molecule has 1 unspecified atom stereocenters. The van der Waals surface area contributed by atoms with Gasteiger partial charge in [-0.25, -0.2) is 4.98 Å². The third-order valence-electron chi connectivity index (χ3n) is 1.68. The topological polar surface area (TPSA) is 99.1 Å². The van der Waals surface area contributed by atoms with Gasteiger partial charge in [0.15, 0.2) is 5.03 Å². The van der Waals surface area contributed by atoms with Gasteiger partial charge in [-0.3, -0.25) is 14.9 Å². The van der Waals surface area contributed by atoms with Crippen LogP contribution in [0.5, 0.6) is 0 Å². The van der Waals surface area contributed by atoms with Gasteiger partial charge in [-0.05, 0) is 30.7 Å². The van der Waals surface area contributed by atoms with Crippen molar-refractivity contribution in [3.63, 3.8) is 0 Å². The first kappa shape index (κ1) is 15.9. The lowest BCUT2D eigenvalue weighted by molar-refractivity contribution is -0.388. The van der Waals surface area contributed by atoms with Gasteiger partial charge >= 0.3 is 5.69 Å². The van der Waals surface area contributed by atoms with Gasteiger partial charge in [-0.2, -0.15) is 0 Å². The molecule has 0 radical (unpaired) electrons. The first-order chi connectivity index (χ1) is 7.90. The van der Waals surface area contributed by atoms with Crippen molar-refractivity contribution in [3.8, 4) is 0 Å². The maximum Gasteiger partial charge on any atom is 0.302 e. The predicted octanol–water partition coefficient (Wildman–Crippen LogP) is 1.85. The summed E-state index contributed by atoms with van der Waals surface area (Å²) in [7, 11) is 0.965. The van der Waals surface area contributed by atoms with E-state index >= 15 is 0 Å². The van der Waals surface area contributed by atoms with E-state index in [2.05, 4.69) is 16.6 Å². The second-order valence-corrected chi connectivity index (χ2v) is 4.19. The van der Waals surface area contributed by atoms with Gasteiger partial charge in [0.25, 0.3) is 0 Å². The van der Waals surface area contributed by atoms with Crippen LogP contribution in [0.25, 0.3) is 0 Å². The van der Waals surface area contributed by atoms with Gasteiger partial charge in [0.1, 0.15) is 5.78 Å². The van der Waals surface area contributed by atoms with E-state index in [0.29, 0.717) is 5.03 Å². The molecule has 0 aliphatic heterocycles. The first-order valence-electron chi connectivity index (χ1n) is 4.57. The summed E-state index contributed by atoms with van der Waals surface area (Å²) in [6.07, 6.45) is 1.49. The van der Waals surface area contributed by atoms with Crippen LogP contribution in [0.4, 0.5) is 5.69 Å². The first-order valence-corrected chi connectivity index (χ1v) is 6.43. The van der Waals surface area contributed by atoms with E-state index in [4.69, 9.17) is 5.73 Å². The normalized spacial score (nSPS) is 11.1. The fraction of sp³-hybridized carbons (Fsp3) is 0.333. The molecule has 0 aromatic carbocycles. The number of rotatable bonds is 3. The summed E-state index contributed by atoms with van der Waals surface area (Å²) in [5, 5.41) is 10.6. The van der Waals surface area contributed by atoms with Crippen molar-refractivity contribution in [2.75, 3.05) is 0 Å². The van der Waals surface area contributed by atoms with E-state index in [1.54, 1.807) is 6.92 Å².